The van der Waals surface area contributed by atoms with Crippen LogP contribution in [0.4, 0.5) is 41.2 Å². The van der Waals surface area contributed by atoms with Gasteiger partial charge in [-0.05, 0) is 43.0 Å². The molecule has 2 aromatic rings. The van der Waals surface area contributed by atoms with E-state index in [-0.39, 0.29) is 30.9 Å². The Morgan fingerprint density at radius 3 is 2.05 bits per heavy atom. The molecule has 4 rings (SSSR count). The zero-order chi connectivity index (χ0) is 30.9. The highest BCUT2D eigenvalue weighted by molar-refractivity contribution is 5.95. The van der Waals surface area contributed by atoms with Crippen molar-refractivity contribution in [2.75, 3.05) is 31.5 Å². The van der Waals surface area contributed by atoms with Crippen LogP contribution in [0.25, 0.3) is 0 Å². The molecular weight excluding hydrogens is 577 g/mol. The van der Waals surface area contributed by atoms with Gasteiger partial charge in [-0.25, -0.2) is 9.18 Å². The van der Waals surface area contributed by atoms with Crippen LogP contribution in [0.2, 0.25) is 0 Å². The summed E-state index contributed by atoms with van der Waals surface area (Å²) in [4.78, 5) is 28.4. The number of anilines is 1. The van der Waals surface area contributed by atoms with Crippen molar-refractivity contribution in [2.24, 2.45) is 0 Å². The topological polar surface area (TPSA) is 105 Å². The van der Waals surface area contributed by atoms with Gasteiger partial charge in [0.25, 0.3) is 11.5 Å². The average Bonchev–Trinajstić information content (AvgIpc) is 3.32. The van der Waals surface area contributed by atoms with Gasteiger partial charge < -0.3 is 25.7 Å². The number of aliphatic hydroxyl groups excluding tert-OH is 1. The van der Waals surface area contributed by atoms with Crippen LogP contribution in [-0.4, -0.2) is 82.6 Å². The Labute approximate surface area is 236 Å². The molecule has 0 radical (unpaired) electrons. The summed E-state index contributed by atoms with van der Waals surface area (Å²) in [5, 5.41) is 24.3. The number of hydrogen-bond acceptors (Lipinski definition) is 5. The standard InChI is InChI=1S/C27H29F7N4O4/c28-19-14-17(6-9-20(19)35-24(41)36-21-2-1-3-22(21)39)23(40)38-12-10-37(11-13-38)15-16-4-7-18(8-5-16)25(42,26(29,30)31)27(32,33)34/h4-9,14,21-22,39,42H,1-3,10-13,15H2,(H2,35,36,41)/t21-,22-/m1/s1. The smallest absolute Gasteiger partial charge is 0.391 e. The van der Waals surface area contributed by atoms with Crippen LogP contribution in [0.15, 0.2) is 42.5 Å². The minimum absolute atomic E-state index is 0.0514. The van der Waals surface area contributed by atoms with E-state index in [1.807, 2.05) is 4.90 Å². The lowest BCUT2D eigenvalue weighted by molar-refractivity contribution is -0.376. The molecular formula is C27H29F7N4O4. The highest BCUT2D eigenvalue weighted by atomic mass is 19.4. The number of nitrogens with zero attached hydrogens (tertiary/aromatic N) is 2. The molecule has 1 aliphatic carbocycles. The van der Waals surface area contributed by atoms with Gasteiger partial charge in [0.2, 0.25) is 0 Å². The Hall–Kier alpha value is -3.43. The van der Waals surface area contributed by atoms with Gasteiger partial charge in [0.1, 0.15) is 5.82 Å². The number of carbonyl (C=O) groups excluding carboxylic acids is 2. The quantitative estimate of drug-likeness (QED) is 0.371. The highest BCUT2D eigenvalue weighted by Gasteiger charge is 2.71. The van der Waals surface area contributed by atoms with Crippen molar-refractivity contribution in [3.63, 3.8) is 0 Å². The van der Waals surface area contributed by atoms with Crippen LogP contribution < -0.4 is 10.6 Å². The van der Waals surface area contributed by atoms with E-state index in [1.165, 1.54) is 17.0 Å². The zero-order valence-corrected chi connectivity index (χ0v) is 22.1. The van der Waals surface area contributed by atoms with E-state index in [4.69, 9.17) is 0 Å². The van der Waals surface area contributed by atoms with Crippen molar-refractivity contribution in [1.82, 2.24) is 15.1 Å². The molecule has 1 saturated carbocycles. The molecule has 0 bridgehead atoms. The number of amides is 3. The maximum Gasteiger partial charge on any atom is 0.430 e. The summed E-state index contributed by atoms with van der Waals surface area (Å²) in [7, 11) is 0. The molecule has 2 fully saturated rings. The molecule has 2 aromatic carbocycles. The van der Waals surface area contributed by atoms with Gasteiger partial charge in [0.15, 0.2) is 0 Å². The Bertz CT molecular complexity index is 1260. The maximum absolute atomic E-state index is 14.7. The second-order valence-electron chi connectivity index (χ2n) is 10.4. The predicted octanol–water partition coefficient (Wildman–Crippen LogP) is 4.13. The van der Waals surface area contributed by atoms with Crippen LogP contribution in [0.1, 0.15) is 40.7 Å². The summed E-state index contributed by atoms with van der Waals surface area (Å²) >= 11 is 0. The van der Waals surface area contributed by atoms with Crippen molar-refractivity contribution in [3.8, 4) is 0 Å². The van der Waals surface area contributed by atoms with Crippen molar-refractivity contribution < 1.29 is 50.5 Å². The molecule has 2 aliphatic rings. The molecule has 0 spiro atoms. The normalized spacial score (nSPS) is 20.5. The predicted molar refractivity (Wildman–Crippen MR) is 136 cm³/mol. The van der Waals surface area contributed by atoms with Crippen molar-refractivity contribution in [1.29, 1.82) is 0 Å². The largest absolute Gasteiger partial charge is 0.430 e. The molecule has 1 heterocycles. The van der Waals surface area contributed by atoms with Crippen molar-refractivity contribution >= 4 is 17.6 Å². The maximum atomic E-state index is 14.7. The summed E-state index contributed by atoms with van der Waals surface area (Å²) in [6, 6.07) is 5.84. The lowest BCUT2D eigenvalue weighted by Crippen LogP contribution is -2.53. The highest BCUT2D eigenvalue weighted by Crippen LogP contribution is 2.50. The third kappa shape index (κ3) is 6.63. The van der Waals surface area contributed by atoms with Gasteiger partial charge in [0, 0.05) is 43.9 Å². The van der Waals surface area contributed by atoms with E-state index >= 15 is 0 Å². The van der Waals surface area contributed by atoms with Crippen LogP contribution >= 0.6 is 0 Å². The number of urea groups is 1. The first kappa shape index (κ1) is 31.5. The van der Waals surface area contributed by atoms with Gasteiger partial charge in [-0.15, -0.1) is 0 Å². The fourth-order valence-corrected chi connectivity index (χ4v) is 5.07. The fourth-order valence-electron chi connectivity index (χ4n) is 5.07. The number of benzene rings is 2. The number of halogens is 7. The Morgan fingerprint density at radius 1 is 0.905 bits per heavy atom. The number of hydrogen-bond donors (Lipinski definition) is 4. The van der Waals surface area contributed by atoms with Gasteiger partial charge in [0.05, 0.1) is 17.8 Å². The van der Waals surface area contributed by atoms with E-state index in [9.17, 15) is 50.5 Å². The Morgan fingerprint density at radius 2 is 1.52 bits per heavy atom. The Kier molecular flexibility index (Phi) is 9.04. The summed E-state index contributed by atoms with van der Waals surface area (Å²) in [6.07, 6.45) is -10.7. The lowest BCUT2D eigenvalue weighted by atomic mass is 9.91. The van der Waals surface area contributed by atoms with E-state index < -0.39 is 53.4 Å². The zero-order valence-electron chi connectivity index (χ0n) is 22.1. The van der Waals surface area contributed by atoms with Crippen LogP contribution in [0.3, 0.4) is 0 Å². The fraction of sp³-hybridized carbons (Fsp3) is 0.481. The molecule has 2 atom stereocenters. The number of nitrogens with one attached hydrogen (secondary N) is 2. The number of aliphatic hydroxyl groups is 2. The van der Waals surface area contributed by atoms with Crippen LogP contribution in [0.5, 0.6) is 0 Å². The molecule has 230 valence electrons. The Balaban J connectivity index is 1.30. The molecule has 8 nitrogen and oxygen atoms in total. The lowest BCUT2D eigenvalue weighted by Gasteiger charge is -2.35. The molecule has 1 aliphatic heterocycles. The monoisotopic (exact) mass is 606 g/mol. The molecule has 15 heteroatoms. The van der Waals surface area contributed by atoms with Crippen molar-refractivity contribution in [2.45, 2.75) is 55.9 Å². The first-order chi connectivity index (χ1) is 19.6. The van der Waals surface area contributed by atoms with Gasteiger partial charge >= 0.3 is 18.4 Å². The second-order valence-corrected chi connectivity index (χ2v) is 10.4. The average molecular weight is 607 g/mol. The molecule has 0 aromatic heterocycles. The number of piperazine rings is 1. The van der Waals surface area contributed by atoms with E-state index in [2.05, 4.69) is 10.6 Å². The molecule has 42 heavy (non-hydrogen) atoms. The first-order valence-corrected chi connectivity index (χ1v) is 13.1. The minimum Gasteiger partial charge on any atom is -0.391 e. The van der Waals surface area contributed by atoms with Crippen molar-refractivity contribution in [3.05, 3.63) is 65.0 Å². The molecule has 4 N–H and O–H groups in total. The summed E-state index contributed by atoms with van der Waals surface area (Å²) in [5.74, 6) is -1.28. The molecule has 0 unspecified atom stereocenters. The van der Waals surface area contributed by atoms with E-state index in [0.717, 1.165) is 24.6 Å². The van der Waals surface area contributed by atoms with Crippen LogP contribution in [-0.2, 0) is 12.1 Å². The van der Waals surface area contributed by atoms with E-state index in [0.29, 0.717) is 43.6 Å². The van der Waals surface area contributed by atoms with Gasteiger partial charge in [-0.3, -0.25) is 9.69 Å². The first-order valence-electron chi connectivity index (χ1n) is 13.1. The third-order valence-corrected chi connectivity index (χ3v) is 7.52. The van der Waals surface area contributed by atoms with Crippen LogP contribution in [0, 0.1) is 5.82 Å². The van der Waals surface area contributed by atoms with Gasteiger partial charge in [-0.2, -0.15) is 26.3 Å². The SMILES string of the molecule is O=C(Nc1ccc(C(=O)N2CCN(Cc3ccc(C(O)(C(F)(F)F)C(F)(F)F)cc3)CC2)cc1F)N[C@@H]1CCC[C@H]1O. The number of carbonyl (C=O) groups is 2. The second kappa shape index (κ2) is 12.1. The van der Waals surface area contributed by atoms with Gasteiger partial charge in [-0.1, -0.05) is 24.3 Å². The molecule has 1 saturated heterocycles. The summed E-state index contributed by atoms with van der Waals surface area (Å²) in [5.41, 5.74) is -6.03. The third-order valence-electron chi connectivity index (χ3n) is 7.52. The number of alkyl halides is 6. The number of rotatable bonds is 6. The summed E-state index contributed by atoms with van der Waals surface area (Å²) < 4.78 is 93.2. The summed E-state index contributed by atoms with van der Waals surface area (Å²) in [6.45, 7) is 1.29. The minimum atomic E-state index is -5.97. The molecule has 3 amide bonds. The van der Waals surface area contributed by atoms with E-state index in [1.54, 1.807) is 0 Å².